The first-order valence-electron chi connectivity index (χ1n) is 7.01. The molecule has 4 nitrogen and oxygen atoms in total. The topological polar surface area (TPSA) is 55.4 Å². The van der Waals surface area contributed by atoms with Crippen molar-refractivity contribution >= 4 is 40.8 Å². The molecule has 0 saturated carbocycles. The third-order valence-corrected chi connectivity index (χ3v) is 3.73. The number of anilines is 1. The Morgan fingerprint density at radius 2 is 1.75 bits per heavy atom. The van der Waals surface area contributed by atoms with E-state index in [0.717, 1.165) is 17.7 Å². The number of rotatable bonds is 4. The van der Waals surface area contributed by atoms with E-state index >= 15 is 0 Å². The van der Waals surface area contributed by atoms with Crippen LogP contribution in [0.2, 0.25) is 10.0 Å². The highest BCUT2D eigenvalue weighted by molar-refractivity contribution is 6.31. The highest BCUT2D eigenvalue weighted by atomic mass is 35.5. The van der Waals surface area contributed by atoms with Gasteiger partial charge in [-0.25, -0.2) is 9.18 Å². The van der Waals surface area contributed by atoms with Gasteiger partial charge in [-0.15, -0.1) is 0 Å². The molecule has 0 saturated heterocycles. The molecule has 24 heavy (non-hydrogen) atoms. The fourth-order valence-corrected chi connectivity index (χ4v) is 2.24. The summed E-state index contributed by atoms with van der Waals surface area (Å²) in [6.45, 7) is 3.18. The molecule has 7 heteroatoms. The Balaban J connectivity index is 2.07. The van der Waals surface area contributed by atoms with Crippen LogP contribution in [-0.2, 0) is 9.53 Å². The van der Waals surface area contributed by atoms with Crippen LogP contribution in [0.1, 0.15) is 22.8 Å². The van der Waals surface area contributed by atoms with E-state index in [0.29, 0.717) is 10.7 Å². The molecule has 0 spiro atoms. The zero-order chi connectivity index (χ0) is 17.9. The lowest BCUT2D eigenvalue weighted by molar-refractivity contribution is -0.123. The van der Waals surface area contributed by atoms with Crippen LogP contribution >= 0.6 is 23.2 Å². The molecule has 0 aliphatic carbocycles. The Labute approximate surface area is 148 Å². The van der Waals surface area contributed by atoms with Gasteiger partial charge in [-0.05, 0) is 49.7 Å². The molecule has 0 radical (unpaired) electrons. The molecule has 0 aromatic heterocycles. The smallest absolute Gasteiger partial charge is 0.341 e. The number of hydrogen-bond donors (Lipinski definition) is 1. The van der Waals surface area contributed by atoms with Crippen molar-refractivity contribution in [2.75, 3.05) is 5.32 Å². The van der Waals surface area contributed by atoms with E-state index in [4.69, 9.17) is 27.9 Å². The van der Waals surface area contributed by atoms with Gasteiger partial charge in [0.15, 0.2) is 6.10 Å². The van der Waals surface area contributed by atoms with E-state index in [9.17, 15) is 14.0 Å². The normalized spacial score (nSPS) is 11.7. The first-order valence-corrected chi connectivity index (χ1v) is 7.76. The minimum atomic E-state index is -1.13. The zero-order valence-electron chi connectivity index (χ0n) is 12.9. The Hall–Kier alpha value is -2.11. The highest BCUT2D eigenvalue weighted by Gasteiger charge is 2.22. The molecule has 0 bridgehead atoms. The Kier molecular flexibility index (Phi) is 5.80. The molecule has 1 N–H and O–H groups in total. The second-order valence-electron chi connectivity index (χ2n) is 5.12. The maximum Gasteiger partial charge on any atom is 0.341 e. The van der Waals surface area contributed by atoms with Gasteiger partial charge >= 0.3 is 5.97 Å². The number of carbonyl (C=O) groups excluding carboxylic acids is 2. The van der Waals surface area contributed by atoms with Crippen molar-refractivity contribution in [3.8, 4) is 0 Å². The average molecular weight is 370 g/mol. The van der Waals surface area contributed by atoms with Crippen LogP contribution in [0.4, 0.5) is 10.1 Å². The number of amides is 1. The number of carbonyl (C=O) groups is 2. The minimum Gasteiger partial charge on any atom is -0.449 e. The largest absolute Gasteiger partial charge is 0.449 e. The average Bonchev–Trinajstić information content (AvgIpc) is 2.53. The fraction of sp³-hybridized carbons (Fsp3) is 0.176. The number of benzene rings is 2. The number of nitrogens with one attached hydrogen (secondary N) is 1. The van der Waals surface area contributed by atoms with Crippen molar-refractivity contribution in [2.45, 2.75) is 20.0 Å². The number of hydrogen-bond acceptors (Lipinski definition) is 3. The van der Waals surface area contributed by atoms with Crippen LogP contribution in [0.15, 0.2) is 36.4 Å². The number of halogens is 3. The standard InChI is InChI=1S/C17H14Cl2FNO3/c1-9-3-4-12(19)8-15(9)21-16(22)10(2)24-17(23)13-7-11(18)5-6-14(13)20/h3-8,10H,1-2H3,(H,21,22)/t10-/m0/s1. The predicted molar refractivity (Wildman–Crippen MR) is 91.1 cm³/mol. The van der Waals surface area contributed by atoms with Crippen LogP contribution in [0.3, 0.4) is 0 Å². The summed E-state index contributed by atoms with van der Waals surface area (Å²) in [6.07, 6.45) is -1.13. The quantitative estimate of drug-likeness (QED) is 0.799. The number of esters is 1. The van der Waals surface area contributed by atoms with Gasteiger partial charge in [-0.3, -0.25) is 4.79 Å². The van der Waals surface area contributed by atoms with E-state index in [1.807, 2.05) is 0 Å². The molecule has 2 aromatic carbocycles. The summed E-state index contributed by atoms with van der Waals surface area (Å²) in [4.78, 5) is 24.1. The lowest BCUT2D eigenvalue weighted by atomic mass is 10.2. The van der Waals surface area contributed by atoms with Gasteiger partial charge in [-0.1, -0.05) is 29.3 Å². The molecule has 0 unspecified atom stereocenters. The third-order valence-electron chi connectivity index (χ3n) is 3.26. The van der Waals surface area contributed by atoms with Crippen molar-refractivity contribution in [3.05, 3.63) is 63.4 Å². The van der Waals surface area contributed by atoms with E-state index in [1.54, 1.807) is 25.1 Å². The molecule has 0 aliphatic heterocycles. The van der Waals surface area contributed by atoms with E-state index in [-0.39, 0.29) is 10.6 Å². The minimum absolute atomic E-state index is 0.190. The van der Waals surface area contributed by atoms with Gasteiger partial charge in [0.1, 0.15) is 5.82 Å². The van der Waals surface area contributed by atoms with Gasteiger partial charge in [0.05, 0.1) is 5.56 Å². The zero-order valence-corrected chi connectivity index (χ0v) is 14.4. The fourth-order valence-electron chi connectivity index (χ4n) is 1.89. The van der Waals surface area contributed by atoms with Crippen LogP contribution in [0, 0.1) is 12.7 Å². The summed E-state index contributed by atoms with van der Waals surface area (Å²) >= 11 is 11.6. The summed E-state index contributed by atoms with van der Waals surface area (Å²) in [5, 5.41) is 3.26. The molecule has 1 amide bonds. The van der Waals surface area contributed by atoms with Gasteiger partial charge in [0.2, 0.25) is 0 Å². The summed E-state index contributed by atoms with van der Waals surface area (Å²) < 4.78 is 18.6. The van der Waals surface area contributed by atoms with Crippen LogP contribution in [-0.4, -0.2) is 18.0 Å². The first kappa shape index (κ1) is 18.2. The Bertz CT molecular complexity index is 795. The summed E-state index contributed by atoms with van der Waals surface area (Å²) in [5.74, 6) is -2.31. The lowest BCUT2D eigenvalue weighted by Crippen LogP contribution is -2.30. The Morgan fingerprint density at radius 3 is 2.46 bits per heavy atom. The number of ether oxygens (including phenoxy) is 1. The van der Waals surface area contributed by atoms with E-state index < -0.39 is 23.8 Å². The van der Waals surface area contributed by atoms with Gasteiger partial charge in [-0.2, -0.15) is 0 Å². The first-order chi connectivity index (χ1) is 11.3. The molecule has 0 heterocycles. The summed E-state index contributed by atoms with van der Waals surface area (Å²) in [7, 11) is 0. The predicted octanol–water partition coefficient (Wildman–Crippen LogP) is 4.62. The molecule has 2 aromatic rings. The van der Waals surface area contributed by atoms with Crippen molar-refractivity contribution in [3.63, 3.8) is 0 Å². The molecule has 0 fully saturated rings. The van der Waals surface area contributed by atoms with Crippen LogP contribution < -0.4 is 5.32 Å². The van der Waals surface area contributed by atoms with Crippen molar-refractivity contribution in [1.29, 1.82) is 0 Å². The monoisotopic (exact) mass is 369 g/mol. The van der Waals surface area contributed by atoms with E-state index in [2.05, 4.69) is 5.32 Å². The molecule has 0 aliphatic rings. The molecule has 2 rings (SSSR count). The van der Waals surface area contributed by atoms with E-state index in [1.165, 1.54) is 13.0 Å². The van der Waals surface area contributed by atoms with Crippen LogP contribution in [0.5, 0.6) is 0 Å². The second kappa shape index (κ2) is 7.64. The summed E-state index contributed by atoms with van der Waals surface area (Å²) in [5.41, 5.74) is 0.970. The van der Waals surface area contributed by atoms with Crippen molar-refractivity contribution in [1.82, 2.24) is 0 Å². The SMILES string of the molecule is Cc1ccc(Cl)cc1NC(=O)[C@H](C)OC(=O)c1cc(Cl)ccc1F. The maximum atomic E-state index is 13.6. The lowest BCUT2D eigenvalue weighted by Gasteiger charge is -2.15. The van der Waals surface area contributed by atoms with Gasteiger partial charge in [0.25, 0.3) is 5.91 Å². The molecule has 1 atom stereocenters. The van der Waals surface area contributed by atoms with Gasteiger partial charge in [0, 0.05) is 15.7 Å². The third kappa shape index (κ3) is 4.46. The maximum absolute atomic E-state index is 13.6. The van der Waals surface area contributed by atoms with Crippen LogP contribution in [0.25, 0.3) is 0 Å². The number of aryl methyl sites for hydroxylation is 1. The Morgan fingerprint density at radius 1 is 1.12 bits per heavy atom. The van der Waals surface area contributed by atoms with Crippen molar-refractivity contribution in [2.24, 2.45) is 0 Å². The highest BCUT2D eigenvalue weighted by Crippen LogP contribution is 2.21. The molecular weight excluding hydrogens is 356 g/mol. The summed E-state index contributed by atoms with van der Waals surface area (Å²) in [6, 6.07) is 8.53. The molecular formula is C17H14Cl2FNO3. The van der Waals surface area contributed by atoms with Crippen molar-refractivity contribution < 1.29 is 18.7 Å². The molecule has 126 valence electrons. The second-order valence-corrected chi connectivity index (χ2v) is 5.99. The van der Waals surface area contributed by atoms with Gasteiger partial charge < -0.3 is 10.1 Å².